The number of carbonyl (C=O) groups is 4. The molecule has 19 heteroatoms. The maximum atomic E-state index is 13.1. The van der Waals surface area contributed by atoms with Crippen molar-refractivity contribution in [3.05, 3.63) is 0 Å². The van der Waals surface area contributed by atoms with E-state index in [0.29, 0.717) is 31.6 Å². The third-order valence-corrected chi connectivity index (χ3v) is 22.1. The Bertz CT molecular complexity index is 2030. The highest BCUT2D eigenvalue weighted by molar-refractivity contribution is 7.47. The first kappa shape index (κ1) is 102. The minimum Gasteiger partial charge on any atom is -0.462 e. The van der Waals surface area contributed by atoms with Gasteiger partial charge in [-0.3, -0.25) is 37.3 Å². The third kappa shape index (κ3) is 76.8. The van der Waals surface area contributed by atoms with E-state index in [9.17, 15) is 43.2 Å². The molecule has 0 aromatic rings. The lowest BCUT2D eigenvalue weighted by Gasteiger charge is -2.21. The Morgan fingerprint density at radius 1 is 0.269 bits per heavy atom. The number of hydrogen-bond acceptors (Lipinski definition) is 15. The topological polar surface area (TPSA) is 237 Å². The van der Waals surface area contributed by atoms with Crippen LogP contribution in [-0.2, 0) is 65.4 Å². The molecule has 618 valence electrons. The van der Waals surface area contributed by atoms with Gasteiger partial charge in [-0.15, -0.1) is 0 Å². The summed E-state index contributed by atoms with van der Waals surface area (Å²) in [6.07, 6.45) is 62.5. The molecule has 3 N–H and O–H groups in total. The molecule has 0 rings (SSSR count). The Balaban J connectivity index is 5.21. The van der Waals surface area contributed by atoms with E-state index in [2.05, 4.69) is 55.4 Å². The van der Waals surface area contributed by atoms with Crippen molar-refractivity contribution in [3.63, 3.8) is 0 Å². The summed E-state index contributed by atoms with van der Waals surface area (Å²) in [5.41, 5.74) is 0. The molecule has 104 heavy (non-hydrogen) atoms. The molecule has 0 saturated heterocycles. The van der Waals surface area contributed by atoms with Crippen molar-refractivity contribution in [1.29, 1.82) is 0 Å². The largest absolute Gasteiger partial charge is 0.472 e. The molecule has 0 heterocycles. The van der Waals surface area contributed by atoms with Crippen LogP contribution < -0.4 is 0 Å². The van der Waals surface area contributed by atoms with Crippen LogP contribution in [0.1, 0.15) is 441 Å². The van der Waals surface area contributed by atoms with Gasteiger partial charge in [0, 0.05) is 25.7 Å². The maximum Gasteiger partial charge on any atom is 0.472 e. The van der Waals surface area contributed by atoms with Crippen LogP contribution in [0.5, 0.6) is 0 Å². The number of phosphoric acid groups is 2. The van der Waals surface area contributed by atoms with E-state index < -0.39 is 97.5 Å². The van der Waals surface area contributed by atoms with Crippen molar-refractivity contribution >= 4 is 39.5 Å². The molecule has 0 saturated carbocycles. The Morgan fingerprint density at radius 2 is 0.462 bits per heavy atom. The van der Waals surface area contributed by atoms with Crippen molar-refractivity contribution in [3.8, 4) is 0 Å². The molecule has 0 radical (unpaired) electrons. The third-order valence-electron chi connectivity index (χ3n) is 20.2. The van der Waals surface area contributed by atoms with Gasteiger partial charge in [0.15, 0.2) is 12.2 Å². The summed E-state index contributed by atoms with van der Waals surface area (Å²) in [6.45, 7) is 14.3. The molecule has 0 aromatic carbocycles. The quantitative estimate of drug-likeness (QED) is 0.0222. The fourth-order valence-corrected chi connectivity index (χ4v) is 14.7. The molecule has 6 atom stereocenters. The first-order chi connectivity index (χ1) is 50.1. The van der Waals surface area contributed by atoms with Gasteiger partial charge in [0.05, 0.1) is 26.4 Å². The minimum absolute atomic E-state index is 0.107. The first-order valence-corrected chi connectivity index (χ1v) is 46.7. The maximum absolute atomic E-state index is 13.1. The summed E-state index contributed by atoms with van der Waals surface area (Å²) in [5, 5.41) is 10.7. The van der Waals surface area contributed by atoms with Crippen molar-refractivity contribution in [2.24, 2.45) is 23.7 Å². The van der Waals surface area contributed by atoms with Crippen molar-refractivity contribution in [2.75, 3.05) is 39.6 Å². The number of aliphatic hydroxyl groups is 1. The predicted molar refractivity (Wildman–Crippen MR) is 428 cm³/mol. The van der Waals surface area contributed by atoms with Crippen molar-refractivity contribution in [1.82, 2.24) is 0 Å². The average molecular weight is 1520 g/mol. The Hall–Kier alpha value is -1.94. The van der Waals surface area contributed by atoms with Crippen LogP contribution in [0.25, 0.3) is 0 Å². The normalized spacial score (nSPS) is 14.2. The fraction of sp³-hybridized carbons (Fsp3) is 0.953. The van der Waals surface area contributed by atoms with E-state index in [0.717, 1.165) is 114 Å². The van der Waals surface area contributed by atoms with Gasteiger partial charge in [-0.2, -0.15) is 0 Å². The van der Waals surface area contributed by atoms with Crippen LogP contribution in [0.15, 0.2) is 0 Å². The standard InChI is InChI=1S/C85H166O17P2/c1-9-78(8)64-56-48-40-32-26-20-16-12-10-11-13-17-21-27-34-42-51-59-67-84(89)101-80(71-95-82(87)65-57-49-41-33-29-23-25-31-38-46-54-62-76(4)5)73-99-103(91,92)97-69-79(86)70-98-104(93,94)100-74-81(72-96-83(88)66-58-50-44-36-39-47-55-63-77(6)7)102-85(90)68-60-52-43-35-28-22-18-14-15-19-24-30-37-45-53-61-75(2)3/h75-81,86H,9-74H2,1-8H3,(H,91,92)(H,93,94)/t78?,79?,80-,81-/m1/s1. The average Bonchev–Trinajstić information content (AvgIpc) is 0.906. The van der Waals surface area contributed by atoms with Gasteiger partial charge in [0.1, 0.15) is 19.3 Å². The Labute approximate surface area is 638 Å². The SMILES string of the molecule is CCC(C)CCCCCCCCCCCCCCCCCCCCC(=O)O[C@H](COC(=O)CCCCCCCCCCCCCC(C)C)COP(=O)(O)OCC(O)COP(=O)(O)OC[C@@H](COC(=O)CCCCCCCCCC(C)C)OC(=O)CCCCCCCCCCCCCCCCCC(C)C. The van der Waals surface area contributed by atoms with Gasteiger partial charge in [0.25, 0.3) is 0 Å². The fourth-order valence-electron chi connectivity index (χ4n) is 13.1. The highest BCUT2D eigenvalue weighted by Gasteiger charge is 2.30. The van der Waals surface area contributed by atoms with Gasteiger partial charge in [-0.25, -0.2) is 9.13 Å². The molecular weight excluding hydrogens is 1350 g/mol. The van der Waals surface area contributed by atoms with Gasteiger partial charge in [-0.1, -0.05) is 389 Å². The van der Waals surface area contributed by atoms with E-state index in [1.807, 2.05) is 0 Å². The Morgan fingerprint density at radius 3 is 0.683 bits per heavy atom. The van der Waals surface area contributed by atoms with Crippen LogP contribution in [0.4, 0.5) is 0 Å². The first-order valence-electron chi connectivity index (χ1n) is 43.7. The monoisotopic (exact) mass is 1520 g/mol. The lowest BCUT2D eigenvalue weighted by molar-refractivity contribution is -0.161. The van der Waals surface area contributed by atoms with E-state index in [-0.39, 0.29) is 25.7 Å². The molecule has 0 bridgehead atoms. The molecule has 0 fully saturated rings. The highest BCUT2D eigenvalue weighted by atomic mass is 31.2. The number of esters is 4. The molecule has 17 nitrogen and oxygen atoms in total. The van der Waals surface area contributed by atoms with Gasteiger partial charge >= 0.3 is 39.5 Å². The molecule has 4 unspecified atom stereocenters. The number of carbonyl (C=O) groups excluding carboxylic acids is 4. The lowest BCUT2D eigenvalue weighted by Crippen LogP contribution is -2.30. The Kier molecular flexibility index (Phi) is 72.5. The van der Waals surface area contributed by atoms with E-state index in [4.69, 9.17) is 37.0 Å². The lowest BCUT2D eigenvalue weighted by atomic mass is 9.99. The molecule has 0 aliphatic rings. The van der Waals surface area contributed by atoms with Gasteiger partial charge in [-0.05, 0) is 49.4 Å². The van der Waals surface area contributed by atoms with E-state index in [1.165, 1.54) is 238 Å². The second-order valence-electron chi connectivity index (χ2n) is 32.2. The van der Waals surface area contributed by atoms with Crippen LogP contribution >= 0.6 is 15.6 Å². The van der Waals surface area contributed by atoms with Crippen LogP contribution in [0.3, 0.4) is 0 Å². The molecule has 0 spiro atoms. The number of aliphatic hydroxyl groups excluding tert-OH is 1. The number of unbranched alkanes of at least 4 members (excludes halogenated alkanes) is 47. The van der Waals surface area contributed by atoms with Gasteiger partial charge < -0.3 is 33.8 Å². The summed E-state index contributed by atoms with van der Waals surface area (Å²) < 4.78 is 68.8. The molecule has 0 aliphatic carbocycles. The summed E-state index contributed by atoms with van der Waals surface area (Å²) in [7, 11) is -9.93. The van der Waals surface area contributed by atoms with Crippen molar-refractivity contribution in [2.45, 2.75) is 459 Å². The summed E-state index contributed by atoms with van der Waals surface area (Å²) in [4.78, 5) is 73.1. The molecule has 0 aromatic heterocycles. The highest BCUT2D eigenvalue weighted by Crippen LogP contribution is 2.45. The van der Waals surface area contributed by atoms with Gasteiger partial charge in [0.2, 0.25) is 0 Å². The van der Waals surface area contributed by atoms with E-state index in [1.54, 1.807) is 0 Å². The number of rotatable bonds is 82. The summed E-state index contributed by atoms with van der Waals surface area (Å²) in [6, 6.07) is 0. The second kappa shape index (κ2) is 73.8. The molecular formula is C85H166O17P2. The number of phosphoric ester groups is 2. The second-order valence-corrected chi connectivity index (χ2v) is 35.2. The van der Waals surface area contributed by atoms with Crippen molar-refractivity contribution < 1.29 is 80.2 Å². The summed E-state index contributed by atoms with van der Waals surface area (Å²) in [5.74, 6) is 1.04. The molecule has 0 aliphatic heterocycles. The number of ether oxygens (including phenoxy) is 4. The number of hydrogen-bond donors (Lipinski definition) is 3. The van der Waals surface area contributed by atoms with Crippen LogP contribution in [0, 0.1) is 23.7 Å². The predicted octanol–water partition coefficient (Wildman–Crippen LogP) is 25.6. The molecule has 0 amide bonds. The smallest absolute Gasteiger partial charge is 0.462 e. The zero-order valence-corrected chi connectivity index (χ0v) is 70.5. The summed E-state index contributed by atoms with van der Waals surface area (Å²) >= 11 is 0. The van der Waals surface area contributed by atoms with Crippen LogP contribution in [-0.4, -0.2) is 96.7 Å². The van der Waals surface area contributed by atoms with Crippen LogP contribution in [0.2, 0.25) is 0 Å². The minimum atomic E-state index is -4.97. The zero-order chi connectivity index (χ0) is 76.7. The van der Waals surface area contributed by atoms with E-state index >= 15 is 0 Å². The zero-order valence-electron chi connectivity index (χ0n) is 68.7.